The third-order valence-corrected chi connectivity index (χ3v) is 1.12. The topological polar surface area (TPSA) is 55.8 Å². The number of rotatable bonds is 6. The maximum atomic E-state index is 11.0. The molecule has 0 saturated heterocycles. The third-order valence-electron chi connectivity index (χ3n) is 1.12. The number of hydrogen-bond acceptors (Lipinski definition) is 4. The van der Waals surface area contributed by atoms with Crippen LogP contribution in [0.3, 0.4) is 0 Å². The van der Waals surface area contributed by atoms with Crippen molar-refractivity contribution in [3.8, 4) is 0 Å². The van der Waals surface area contributed by atoms with E-state index >= 15 is 0 Å². The summed E-state index contributed by atoms with van der Waals surface area (Å²) >= 11 is 0. The number of carbonyl (C=O) groups excluding carboxylic acids is 1. The molecule has 0 heterocycles. The second-order valence-electron chi connectivity index (χ2n) is 2.28. The summed E-state index contributed by atoms with van der Waals surface area (Å²) in [4.78, 5) is 11.0. The fourth-order valence-corrected chi connectivity index (χ4v) is 0.533. The van der Waals surface area contributed by atoms with Gasteiger partial charge in [-0.25, -0.2) is 4.79 Å². The highest BCUT2D eigenvalue weighted by Crippen LogP contribution is 1.96. The molecule has 0 spiro atoms. The zero-order valence-corrected chi connectivity index (χ0v) is 7.66. The maximum Gasteiger partial charge on any atom is 0.337 e. The summed E-state index contributed by atoms with van der Waals surface area (Å²) in [6.07, 6.45) is 2.75. The lowest BCUT2D eigenvalue weighted by atomic mass is 10.3. The quantitative estimate of drug-likeness (QED) is 0.217. The highest BCUT2D eigenvalue weighted by molar-refractivity contribution is 5.87. The lowest BCUT2D eigenvalue weighted by Crippen LogP contribution is -2.06. The third kappa shape index (κ3) is 5.93. The molecule has 0 aromatic carbocycles. The van der Waals surface area contributed by atoms with Crippen LogP contribution in [0, 0.1) is 0 Å². The van der Waals surface area contributed by atoms with Crippen LogP contribution in [0.1, 0.15) is 6.92 Å². The van der Waals surface area contributed by atoms with E-state index in [-0.39, 0.29) is 19.8 Å². The van der Waals surface area contributed by atoms with Crippen molar-refractivity contribution in [1.82, 2.24) is 0 Å². The van der Waals surface area contributed by atoms with Gasteiger partial charge < -0.3 is 14.6 Å². The Morgan fingerprint density at radius 2 is 2.31 bits per heavy atom. The molecular weight excluding hydrogens is 172 g/mol. The molecule has 0 saturated carbocycles. The van der Waals surface area contributed by atoms with E-state index in [0.717, 1.165) is 0 Å². The molecular formula is C9H14O4. The molecule has 0 aromatic heterocycles. The summed E-state index contributed by atoms with van der Waals surface area (Å²) in [6, 6.07) is 0. The molecule has 0 aromatic rings. The van der Waals surface area contributed by atoms with Gasteiger partial charge in [0.1, 0.15) is 13.2 Å². The zero-order valence-electron chi connectivity index (χ0n) is 7.66. The summed E-state index contributed by atoms with van der Waals surface area (Å²) in [5.41, 5.74) is 0.357. The Morgan fingerprint density at radius 3 is 2.85 bits per heavy atom. The van der Waals surface area contributed by atoms with Crippen LogP contribution < -0.4 is 0 Å². The molecule has 0 rings (SSSR count). The van der Waals surface area contributed by atoms with Crippen LogP contribution in [0.2, 0.25) is 0 Å². The van der Waals surface area contributed by atoms with Crippen molar-refractivity contribution in [3.05, 3.63) is 24.5 Å². The standard InChI is InChI=1S/C9H14O4/c1-3-5-13-9(11)8(2)7-12-6-4-10/h3,7,10H,1,4-6H2,2H3. The highest BCUT2D eigenvalue weighted by atomic mass is 16.5. The van der Waals surface area contributed by atoms with Crippen LogP contribution in [0.25, 0.3) is 0 Å². The van der Waals surface area contributed by atoms with Gasteiger partial charge in [-0.15, -0.1) is 0 Å². The number of carbonyl (C=O) groups is 1. The highest BCUT2D eigenvalue weighted by Gasteiger charge is 2.03. The molecule has 0 bridgehead atoms. The van der Waals surface area contributed by atoms with Crippen molar-refractivity contribution >= 4 is 5.97 Å². The Bertz CT molecular complexity index is 196. The smallest absolute Gasteiger partial charge is 0.337 e. The largest absolute Gasteiger partial charge is 0.498 e. The van der Waals surface area contributed by atoms with Crippen molar-refractivity contribution in [1.29, 1.82) is 0 Å². The molecule has 0 atom stereocenters. The van der Waals surface area contributed by atoms with Crippen molar-refractivity contribution in [3.63, 3.8) is 0 Å². The van der Waals surface area contributed by atoms with Crippen LogP contribution in [0.5, 0.6) is 0 Å². The number of hydrogen-bond donors (Lipinski definition) is 1. The summed E-state index contributed by atoms with van der Waals surface area (Å²) in [5, 5.41) is 8.38. The summed E-state index contributed by atoms with van der Waals surface area (Å²) < 4.78 is 9.52. The van der Waals surface area contributed by atoms with Crippen molar-refractivity contribution < 1.29 is 19.4 Å². The molecule has 13 heavy (non-hydrogen) atoms. The Morgan fingerprint density at radius 1 is 1.62 bits per heavy atom. The van der Waals surface area contributed by atoms with Crippen molar-refractivity contribution in [2.24, 2.45) is 0 Å². The minimum Gasteiger partial charge on any atom is -0.498 e. The van der Waals surface area contributed by atoms with E-state index in [1.807, 2.05) is 0 Å². The van der Waals surface area contributed by atoms with E-state index in [1.165, 1.54) is 12.3 Å². The predicted octanol–water partition coefficient (Wildman–Crippen LogP) is 0.628. The Balaban J connectivity index is 3.79. The van der Waals surface area contributed by atoms with E-state index in [0.29, 0.717) is 5.57 Å². The number of esters is 1. The monoisotopic (exact) mass is 186 g/mol. The average molecular weight is 186 g/mol. The molecule has 0 unspecified atom stereocenters. The van der Waals surface area contributed by atoms with Gasteiger partial charge in [0.15, 0.2) is 0 Å². The van der Waals surface area contributed by atoms with Gasteiger partial charge in [0.05, 0.1) is 18.4 Å². The fraction of sp³-hybridized carbons (Fsp3) is 0.444. The minimum atomic E-state index is -0.446. The Hall–Kier alpha value is -1.29. The van der Waals surface area contributed by atoms with Gasteiger partial charge >= 0.3 is 5.97 Å². The maximum absolute atomic E-state index is 11.0. The molecule has 4 nitrogen and oxygen atoms in total. The van der Waals surface area contributed by atoms with Crippen LogP contribution >= 0.6 is 0 Å². The second kappa shape index (κ2) is 7.36. The zero-order chi connectivity index (χ0) is 10.1. The van der Waals surface area contributed by atoms with Gasteiger partial charge in [-0.1, -0.05) is 12.7 Å². The molecule has 1 N–H and O–H groups in total. The number of ether oxygens (including phenoxy) is 2. The molecule has 0 fully saturated rings. The van der Waals surface area contributed by atoms with Gasteiger partial charge in [0.25, 0.3) is 0 Å². The van der Waals surface area contributed by atoms with Gasteiger partial charge in [-0.05, 0) is 6.92 Å². The van der Waals surface area contributed by atoms with E-state index in [1.54, 1.807) is 6.92 Å². The molecule has 0 aliphatic carbocycles. The number of aliphatic hydroxyl groups excluding tert-OH is 1. The second-order valence-corrected chi connectivity index (χ2v) is 2.28. The van der Waals surface area contributed by atoms with Gasteiger partial charge in [-0.2, -0.15) is 0 Å². The molecule has 0 aliphatic rings. The summed E-state index contributed by atoms with van der Waals surface area (Å²) in [7, 11) is 0. The first kappa shape index (κ1) is 11.7. The molecule has 0 radical (unpaired) electrons. The van der Waals surface area contributed by atoms with Gasteiger partial charge in [-0.3, -0.25) is 0 Å². The van der Waals surface area contributed by atoms with Gasteiger partial charge in [0.2, 0.25) is 0 Å². The van der Waals surface area contributed by atoms with E-state index in [2.05, 4.69) is 6.58 Å². The number of aliphatic hydroxyl groups is 1. The Labute approximate surface area is 77.5 Å². The van der Waals surface area contributed by atoms with Crippen LogP contribution in [-0.2, 0) is 14.3 Å². The first-order chi connectivity index (χ1) is 6.22. The average Bonchev–Trinajstić information content (AvgIpc) is 2.14. The summed E-state index contributed by atoms with van der Waals surface area (Å²) in [5.74, 6) is -0.446. The lowest BCUT2D eigenvalue weighted by Gasteiger charge is -2.02. The van der Waals surface area contributed by atoms with E-state index in [4.69, 9.17) is 14.6 Å². The molecule has 0 amide bonds. The van der Waals surface area contributed by atoms with Crippen LogP contribution in [0.15, 0.2) is 24.5 Å². The van der Waals surface area contributed by atoms with Crippen molar-refractivity contribution in [2.75, 3.05) is 19.8 Å². The Kier molecular flexibility index (Phi) is 6.63. The normalized spacial score (nSPS) is 10.8. The van der Waals surface area contributed by atoms with E-state index < -0.39 is 5.97 Å². The van der Waals surface area contributed by atoms with E-state index in [9.17, 15) is 4.79 Å². The predicted molar refractivity (Wildman–Crippen MR) is 48.0 cm³/mol. The van der Waals surface area contributed by atoms with Gasteiger partial charge in [0, 0.05) is 0 Å². The molecule has 4 heteroatoms. The van der Waals surface area contributed by atoms with Crippen LogP contribution in [0.4, 0.5) is 0 Å². The lowest BCUT2D eigenvalue weighted by molar-refractivity contribution is -0.137. The molecule has 74 valence electrons. The van der Waals surface area contributed by atoms with Crippen LogP contribution in [-0.4, -0.2) is 30.9 Å². The minimum absolute atomic E-state index is 0.0779. The fourth-order valence-electron chi connectivity index (χ4n) is 0.533. The van der Waals surface area contributed by atoms with Crippen molar-refractivity contribution in [2.45, 2.75) is 6.92 Å². The first-order valence-electron chi connectivity index (χ1n) is 3.89. The molecule has 0 aliphatic heterocycles. The summed E-state index contributed by atoms with van der Waals surface area (Å²) in [6.45, 7) is 5.26. The SMILES string of the molecule is C=CCOC(=O)C(C)=COCCO. The first-order valence-corrected chi connectivity index (χ1v) is 3.89.